The second kappa shape index (κ2) is 7.59. The first-order valence-electron chi connectivity index (χ1n) is 9.10. The van der Waals surface area contributed by atoms with E-state index in [0.717, 1.165) is 22.0 Å². The summed E-state index contributed by atoms with van der Waals surface area (Å²) in [5.41, 5.74) is 3.77. The van der Waals surface area contributed by atoms with Gasteiger partial charge in [0.15, 0.2) is 11.6 Å². The second-order valence-electron chi connectivity index (χ2n) is 6.62. The summed E-state index contributed by atoms with van der Waals surface area (Å²) in [6, 6.07) is 20.3. The summed E-state index contributed by atoms with van der Waals surface area (Å²) in [5, 5.41) is 10.8. The number of H-pyrrole nitrogens is 1. The molecule has 1 aromatic heterocycles. The summed E-state index contributed by atoms with van der Waals surface area (Å²) < 4.78 is 5.25. The Morgan fingerprint density at radius 3 is 2.55 bits per heavy atom. The van der Waals surface area contributed by atoms with E-state index >= 15 is 0 Å². The maximum Gasteiger partial charge on any atom is 0.260 e. The van der Waals surface area contributed by atoms with Crippen molar-refractivity contribution in [3.8, 4) is 16.9 Å². The normalized spacial score (nSPS) is 10.7. The number of rotatable bonds is 5. The minimum atomic E-state index is -0.297. The first-order chi connectivity index (χ1) is 14.1. The van der Waals surface area contributed by atoms with Crippen molar-refractivity contribution < 1.29 is 14.3 Å². The van der Waals surface area contributed by atoms with Gasteiger partial charge in [-0.3, -0.25) is 14.7 Å². The molecule has 144 valence electrons. The third kappa shape index (κ3) is 3.60. The van der Waals surface area contributed by atoms with Gasteiger partial charge in [-0.15, -0.1) is 0 Å². The molecule has 0 saturated heterocycles. The van der Waals surface area contributed by atoms with Gasteiger partial charge in [0.05, 0.1) is 18.2 Å². The van der Waals surface area contributed by atoms with Crippen LogP contribution in [0.1, 0.15) is 27.6 Å². The third-order valence-corrected chi connectivity index (χ3v) is 4.75. The number of hydrogen-bond acceptors (Lipinski definition) is 4. The van der Waals surface area contributed by atoms with Gasteiger partial charge in [-0.1, -0.05) is 36.4 Å². The van der Waals surface area contributed by atoms with E-state index in [-0.39, 0.29) is 11.7 Å². The lowest BCUT2D eigenvalue weighted by atomic mass is 10.0. The molecule has 0 aliphatic heterocycles. The standard InChI is InChI=1S/C23H19N3O3/c1-14(27)15-6-5-7-16(12-15)17-10-11-18-20(13-17)25-26-22(18)24-23(28)19-8-3-4-9-21(19)29-2/h3-13H,1-2H3,(H2,24,25,26,28). The Morgan fingerprint density at radius 1 is 0.966 bits per heavy atom. The van der Waals surface area contributed by atoms with E-state index in [1.807, 2.05) is 42.5 Å². The number of Topliss-reactive ketones (excluding diaryl/α,β-unsaturated/α-hetero) is 1. The van der Waals surface area contributed by atoms with E-state index in [4.69, 9.17) is 4.74 Å². The van der Waals surface area contributed by atoms with Gasteiger partial charge in [0.1, 0.15) is 5.75 Å². The van der Waals surface area contributed by atoms with Gasteiger partial charge in [0, 0.05) is 10.9 Å². The largest absolute Gasteiger partial charge is 0.496 e. The minimum Gasteiger partial charge on any atom is -0.496 e. The monoisotopic (exact) mass is 385 g/mol. The van der Waals surface area contributed by atoms with Crippen LogP contribution in [0.5, 0.6) is 5.75 Å². The molecule has 0 atom stereocenters. The average Bonchev–Trinajstić information content (AvgIpc) is 3.15. The van der Waals surface area contributed by atoms with Crippen molar-refractivity contribution in [1.29, 1.82) is 0 Å². The van der Waals surface area contributed by atoms with E-state index in [2.05, 4.69) is 15.5 Å². The smallest absolute Gasteiger partial charge is 0.260 e. The molecule has 2 N–H and O–H groups in total. The van der Waals surface area contributed by atoms with Gasteiger partial charge in [-0.2, -0.15) is 5.10 Å². The number of aromatic amines is 1. The summed E-state index contributed by atoms with van der Waals surface area (Å²) in [4.78, 5) is 24.3. The fraction of sp³-hybridized carbons (Fsp3) is 0.0870. The zero-order valence-corrected chi connectivity index (χ0v) is 16.0. The fourth-order valence-corrected chi connectivity index (χ4v) is 3.22. The van der Waals surface area contributed by atoms with Crippen LogP contribution in [0.15, 0.2) is 66.7 Å². The van der Waals surface area contributed by atoms with Crippen LogP contribution in [-0.4, -0.2) is 29.0 Å². The van der Waals surface area contributed by atoms with Gasteiger partial charge < -0.3 is 10.1 Å². The first-order valence-corrected chi connectivity index (χ1v) is 9.10. The van der Waals surface area contributed by atoms with Crippen molar-refractivity contribution in [2.45, 2.75) is 6.92 Å². The Balaban J connectivity index is 1.64. The predicted molar refractivity (Wildman–Crippen MR) is 112 cm³/mol. The van der Waals surface area contributed by atoms with Gasteiger partial charge in [-0.05, 0) is 48.4 Å². The molecule has 3 aromatic carbocycles. The lowest BCUT2D eigenvalue weighted by Gasteiger charge is -2.08. The van der Waals surface area contributed by atoms with Crippen LogP contribution in [0.2, 0.25) is 0 Å². The molecule has 0 spiro atoms. The number of hydrogen-bond donors (Lipinski definition) is 2. The van der Waals surface area contributed by atoms with Gasteiger partial charge in [-0.25, -0.2) is 0 Å². The zero-order chi connectivity index (χ0) is 20.4. The number of para-hydroxylation sites is 1. The summed E-state index contributed by atoms with van der Waals surface area (Å²) in [6.07, 6.45) is 0. The maximum absolute atomic E-state index is 12.6. The molecule has 0 saturated carbocycles. The molecular formula is C23H19N3O3. The van der Waals surface area contributed by atoms with Crippen LogP contribution in [-0.2, 0) is 0 Å². The summed E-state index contributed by atoms with van der Waals surface area (Å²) in [6.45, 7) is 1.55. The Kier molecular flexibility index (Phi) is 4.83. The number of fused-ring (bicyclic) bond motifs is 1. The highest BCUT2D eigenvalue weighted by Crippen LogP contribution is 2.28. The highest BCUT2D eigenvalue weighted by molar-refractivity contribution is 6.09. The van der Waals surface area contributed by atoms with Crippen molar-refractivity contribution in [3.05, 3.63) is 77.9 Å². The number of nitrogens with one attached hydrogen (secondary N) is 2. The molecular weight excluding hydrogens is 366 g/mol. The molecule has 1 heterocycles. The molecule has 0 fully saturated rings. The van der Waals surface area contributed by atoms with Crippen LogP contribution in [0, 0.1) is 0 Å². The number of aromatic nitrogens is 2. The van der Waals surface area contributed by atoms with E-state index in [0.29, 0.717) is 22.7 Å². The Hall–Kier alpha value is -3.93. The lowest BCUT2D eigenvalue weighted by molar-refractivity contribution is 0.101. The molecule has 0 radical (unpaired) electrons. The Bertz CT molecular complexity index is 1230. The molecule has 29 heavy (non-hydrogen) atoms. The van der Waals surface area contributed by atoms with E-state index in [1.165, 1.54) is 7.11 Å². The number of methoxy groups -OCH3 is 1. The SMILES string of the molecule is COc1ccccc1C(=O)Nc1n[nH]c2cc(-c3cccc(C(C)=O)c3)ccc12. The van der Waals surface area contributed by atoms with Gasteiger partial charge in [0.2, 0.25) is 0 Å². The van der Waals surface area contributed by atoms with Crippen molar-refractivity contribution in [2.75, 3.05) is 12.4 Å². The van der Waals surface area contributed by atoms with Gasteiger partial charge in [0.25, 0.3) is 5.91 Å². The topological polar surface area (TPSA) is 84.1 Å². The molecule has 4 rings (SSSR count). The highest BCUT2D eigenvalue weighted by atomic mass is 16.5. The first kappa shape index (κ1) is 18.4. The third-order valence-electron chi connectivity index (χ3n) is 4.75. The predicted octanol–water partition coefficient (Wildman–Crippen LogP) is 4.69. The molecule has 6 heteroatoms. The molecule has 0 aliphatic rings. The summed E-state index contributed by atoms with van der Waals surface area (Å²) >= 11 is 0. The van der Waals surface area contributed by atoms with Crippen molar-refractivity contribution in [1.82, 2.24) is 10.2 Å². The van der Waals surface area contributed by atoms with Crippen LogP contribution >= 0.6 is 0 Å². The number of anilines is 1. The van der Waals surface area contributed by atoms with E-state index in [1.54, 1.807) is 31.2 Å². The number of nitrogens with zero attached hydrogens (tertiary/aromatic N) is 1. The van der Waals surface area contributed by atoms with Crippen LogP contribution < -0.4 is 10.1 Å². The van der Waals surface area contributed by atoms with Crippen molar-refractivity contribution in [3.63, 3.8) is 0 Å². The number of carbonyl (C=O) groups excluding carboxylic acids is 2. The summed E-state index contributed by atoms with van der Waals surface area (Å²) in [5.74, 6) is 0.669. The minimum absolute atomic E-state index is 0.0239. The van der Waals surface area contributed by atoms with Gasteiger partial charge >= 0.3 is 0 Å². The molecule has 6 nitrogen and oxygen atoms in total. The molecule has 1 amide bonds. The van der Waals surface area contributed by atoms with Crippen LogP contribution in [0.4, 0.5) is 5.82 Å². The summed E-state index contributed by atoms with van der Waals surface area (Å²) in [7, 11) is 1.53. The van der Waals surface area contributed by atoms with Crippen molar-refractivity contribution >= 4 is 28.4 Å². The number of amides is 1. The second-order valence-corrected chi connectivity index (χ2v) is 6.62. The van der Waals surface area contributed by atoms with Crippen LogP contribution in [0.25, 0.3) is 22.0 Å². The quantitative estimate of drug-likeness (QED) is 0.488. The van der Waals surface area contributed by atoms with Crippen LogP contribution in [0.3, 0.4) is 0 Å². The number of benzene rings is 3. The number of ketones is 1. The van der Waals surface area contributed by atoms with Crippen molar-refractivity contribution in [2.24, 2.45) is 0 Å². The van der Waals surface area contributed by atoms with E-state index in [9.17, 15) is 9.59 Å². The zero-order valence-electron chi connectivity index (χ0n) is 16.0. The maximum atomic E-state index is 12.6. The Labute approximate surface area is 167 Å². The number of ether oxygens (including phenoxy) is 1. The molecule has 0 bridgehead atoms. The Morgan fingerprint density at radius 2 is 1.76 bits per heavy atom. The lowest BCUT2D eigenvalue weighted by Crippen LogP contribution is -2.13. The molecule has 4 aromatic rings. The fourth-order valence-electron chi connectivity index (χ4n) is 3.22. The van der Waals surface area contributed by atoms with E-state index < -0.39 is 0 Å². The number of carbonyl (C=O) groups is 2. The highest BCUT2D eigenvalue weighted by Gasteiger charge is 2.15. The average molecular weight is 385 g/mol. The molecule has 0 unspecified atom stereocenters. The molecule has 0 aliphatic carbocycles.